The van der Waals surface area contributed by atoms with Gasteiger partial charge in [0, 0.05) is 50.0 Å². The average molecular weight is 411 g/mol. The quantitative estimate of drug-likeness (QED) is 0.578. The van der Waals surface area contributed by atoms with Crippen LogP contribution in [0.1, 0.15) is 30.2 Å². The molecule has 3 N–H and O–H groups in total. The lowest BCUT2D eigenvalue weighted by molar-refractivity contribution is -0.126. The zero-order valence-electron chi connectivity index (χ0n) is 18.1. The lowest BCUT2D eigenvalue weighted by atomic mass is 10.1. The first kappa shape index (κ1) is 21.5. The molecule has 1 fully saturated rings. The van der Waals surface area contributed by atoms with E-state index in [0.717, 1.165) is 23.5 Å². The maximum Gasteiger partial charge on any atom is 0.227 e. The SMILES string of the molecule is CCNc1nc(C)cc(NCCNC(=O)C2CC(=O)N(c3ccc(C)c(C)c3)C2)n1. The molecule has 0 bridgehead atoms. The minimum atomic E-state index is -0.333. The topological polar surface area (TPSA) is 99.2 Å². The summed E-state index contributed by atoms with van der Waals surface area (Å²) < 4.78 is 0. The van der Waals surface area contributed by atoms with Crippen molar-refractivity contribution in [2.24, 2.45) is 5.92 Å². The number of benzene rings is 1. The van der Waals surface area contributed by atoms with Crippen LogP contribution in [0, 0.1) is 26.7 Å². The van der Waals surface area contributed by atoms with Gasteiger partial charge >= 0.3 is 0 Å². The van der Waals surface area contributed by atoms with Crippen LogP contribution < -0.4 is 20.9 Å². The Kier molecular flexibility index (Phi) is 6.87. The van der Waals surface area contributed by atoms with E-state index in [1.807, 2.05) is 52.0 Å². The molecule has 8 nitrogen and oxygen atoms in total. The summed E-state index contributed by atoms with van der Waals surface area (Å²) in [5, 5.41) is 9.22. The first-order valence-corrected chi connectivity index (χ1v) is 10.4. The third kappa shape index (κ3) is 5.25. The second kappa shape index (κ2) is 9.56. The number of hydrogen-bond acceptors (Lipinski definition) is 6. The first-order chi connectivity index (χ1) is 14.4. The largest absolute Gasteiger partial charge is 0.368 e. The first-order valence-electron chi connectivity index (χ1n) is 10.4. The second-order valence-corrected chi connectivity index (χ2v) is 7.64. The monoisotopic (exact) mass is 410 g/mol. The molecule has 3 rings (SSSR count). The molecule has 30 heavy (non-hydrogen) atoms. The summed E-state index contributed by atoms with van der Waals surface area (Å²) >= 11 is 0. The van der Waals surface area contributed by atoms with Crippen LogP contribution in [0.25, 0.3) is 0 Å². The van der Waals surface area contributed by atoms with Gasteiger partial charge in [0.05, 0.1) is 5.92 Å². The van der Waals surface area contributed by atoms with Crippen LogP contribution in [0.5, 0.6) is 0 Å². The van der Waals surface area contributed by atoms with Crippen LogP contribution in [0.4, 0.5) is 17.5 Å². The van der Waals surface area contributed by atoms with Crippen LogP contribution in [0.15, 0.2) is 24.3 Å². The lowest BCUT2D eigenvalue weighted by Crippen LogP contribution is -2.35. The highest BCUT2D eigenvalue weighted by Crippen LogP contribution is 2.26. The number of aryl methyl sites for hydroxylation is 3. The van der Waals surface area contributed by atoms with Crippen molar-refractivity contribution in [1.82, 2.24) is 15.3 Å². The van der Waals surface area contributed by atoms with Crippen molar-refractivity contribution < 1.29 is 9.59 Å². The van der Waals surface area contributed by atoms with Crippen molar-refractivity contribution in [3.8, 4) is 0 Å². The van der Waals surface area contributed by atoms with Gasteiger partial charge in [-0.2, -0.15) is 4.98 Å². The van der Waals surface area contributed by atoms with Crippen LogP contribution in [0.3, 0.4) is 0 Å². The van der Waals surface area contributed by atoms with Crippen LogP contribution >= 0.6 is 0 Å². The Hall–Kier alpha value is -3.16. The van der Waals surface area contributed by atoms with E-state index in [4.69, 9.17) is 0 Å². The van der Waals surface area contributed by atoms with Gasteiger partial charge in [-0.3, -0.25) is 9.59 Å². The molecule has 0 saturated carbocycles. The second-order valence-electron chi connectivity index (χ2n) is 7.64. The van der Waals surface area contributed by atoms with Gasteiger partial charge in [-0.05, 0) is 51.0 Å². The molecule has 2 aromatic rings. The van der Waals surface area contributed by atoms with Gasteiger partial charge in [0.25, 0.3) is 0 Å². The molecule has 0 aliphatic carbocycles. The van der Waals surface area contributed by atoms with E-state index in [1.54, 1.807) is 4.90 Å². The highest BCUT2D eigenvalue weighted by molar-refractivity contribution is 6.00. The maximum atomic E-state index is 12.5. The summed E-state index contributed by atoms with van der Waals surface area (Å²) in [5.41, 5.74) is 4.04. The Balaban J connectivity index is 1.49. The molecular formula is C22H30N6O2. The van der Waals surface area contributed by atoms with Gasteiger partial charge < -0.3 is 20.9 Å². The molecule has 0 radical (unpaired) electrons. The van der Waals surface area contributed by atoms with Crippen molar-refractivity contribution in [1.29, 1.82) is 0 Å². The highest BCUT2D eigenvalue weighted by Gasteiger charge is 2.35. The number of rotatable bonds is 8. The Labute approximate surface area is 177 Å². The number of carbonyl (C=O) groups excluding carboxylic acids is 2. The van der Waals surface area contributed by atoms with E-state index < -0.39 is 0 Å². The van der Waals surface area contributed by atoms with Gasteiger partial charge in [0.2, 0.25) is 17.8 Å². The number of nitrogens with zero attached hydrogens (tertiary/aromatic N) is 3. The smallest absolute Gasteiger partial charge is 0.227 e. The summed E-state index contributed by atoms with van der Waals surface area (Å²) in [6.07, 6.45) is 0.239. The number of hydrogen-bond donors (Lipinski definition) is 3. The summed E-state index contributed by atoms with van der Waals surface area (Å²) in [5.74, 6) is 0.859. The molecule has 1 unspecified atom stereocenters. The van der Waals surface area contributed by atoms with E-state index >= 15 is 0 Å². The van der Waals surface area contributed by atoms with Gasteiger partial charge in [0.1, 0.15) is 5.82 Å². The number of amides is 2. The van der Waals surface area contributed by atoms with Gasteiger partial charge in [-0.15, -0.1) is 0 Å². The zero-order valence-corrected chi connectivity index (χ0v) is 18.1. The Morgan fingerprint density at radius 1 is 1.10 bits per heavy atom. The Bertz CT molecular complexity index is 930. The van der Waals surface area contributed by atoms with E-state index in [2.05, 4.69) is 25.9 Å². The maximum absolute atomic E-state index is 12.5. The molecule has 0 spiro atoms. The number of carbonyl (C=O) groups is 2. The minimum Gasteiger partial charge on any atom is -0.368 e. The van der Waals surface area contributed by atoms with Crippen molar-refractivity contribution in [2.75, 3.05) is 41.7 Å². The van der Waals surface area contributed by atoms with Crippen LogP contribution in [-0.4, -0.2) is 48.0 Å². The van der Waals surface area contributed by atoms with Crippen molar-refractivity contribution in [3.63, 3.8) is 0 Å². The molecular weight excluding hydrogens is 380 g/mol. The molecule has 1 aromatic carbocycles. The number of aromatic nitrogens is 2. The number of nitrogens with one attached hydrogen (secondary N) is 3. The molecule has 1 atom stereocenters. The van der Waals surface area contributed by atoms with Crippen molar-refractivity contribution in [2.45, 2.75) is 34.1 Å². The van der Waals surface area contributed by atoms with Crippen LogP contribution in [-0.2, 0) is 9.59 Å². The predicted molar refractivity (Wildman–Crippen MR) is 119 cm³/mol. The molecule has 8 heteroatoms. The predicted octanol–water partition coefficient (Wildman–Crippen LogP) is 2.41. The van der Waals surface area contributed by atoms with Gasteiger partial charge in [0.15, 0.2) is 0 Å². The fourth-order valence-electron chi connectivity index (χ4n) is 3.44. The van der Waals surface area contributed by atoms with Gasteiger partial charge in [-0.1, -0.05) is 6.07 Å². The third-order valence-electron chi connectivity index (χ3n) is 5.22. The summed E-state index contributed by atoms with van der Waals surface area (Å²) in [7, 11) is 0. The summed E-state index contributed by atoms with van der Waals surface area (Å²) in [4.78, 5) is 35.4. The molecule has 1 saturated heterocycles. The zero-order chi connectivity index (χ0) is 21.7. The van der Waals surface area contributed by atoms with Crippen molar-refractivity contribution in [3.05, 3.63) is 41.1 Å². The summed E-state index contributed by atoms with van der Waals surface area (Å²) in [6, 6.07) is 7.81. The molecule has 2 heterocycles. The average Bonchev–Trinajstić information content (AvgIpc) is 3.09. The molecule has 1 aliphatic rings. The molecule has 1 aliphatic heterocycles. The fraction of sp³-hybridized carbons (Fsp3) is 0.455. The van der Waals surface area contributed by atoms with Crippen molar-refractivity contribution >= 4 is 29.3 Å². The third-order valence-corrected chi connectivity index (χ3v) is 5.22. The summed E-state index contributed by atoms with van der Waals surface area (Å²) in [6.45, 7) is 10.1. The molecule has 160 valence electrons. The molecule has 1 aromatic heterocycles. The lowest BCUT2D eigenvalue weighted by Gasteiger charge is -2.18. The van der Waals surface area contributed by atoms with E-state index in [9.17, 15) is 9.59 Å². The van der Waals surface area contributed by atoms with E-state index in [-0.39, 0.29) is 24.2 Å². The highest BCUT2D eigenvalue weighted by atomic mass is 16.2. The standard InChI is InChI=1S/C22H30N6O2/c1-5-23-22-26-16(4)11-19(27-22)24-8-9-25-21(30)17-12-20(29)28(13-17)18-7-6-14(2)15(3)10-18/h6-7,10-11,17H,5,8-9,12-13H2,1-4H3,(H,25,30)(H2,23,24,26,27). The van der Waals surface area contributed by atoms with E-state index in [0.29, 0.717) is 31.4 Å². The minimum absolute atomic E-state index is 0.0102. The fourth-order valence-corrected chi connectivity index (χ4v) is 3.44. The van der Waals surface area contributed by atoms with Gasteiger partial charge in [-0.25, -0.2) is 4.98 Å². The Morgan fingerprint density at radius 3 is 2.63 bits per heavy atom. The Morgan fingerprint density at radius 2 is 1.90 bits per heavy atom. The van der Waals surface area contributed by atoms with E-state index in [1.165, 1.54) is 5.56 Å². The normalized spacial score (nSPS) is 15.9. The van der Waals surface area contributed by atoms with Crippen LogP contribution in [0.2, 0.25) is 0 Å². The number of anilines is 3. The molecule has 2 amide bonds.